The van der Waals surface area contributed by atoms with Gasteiger partial charge in [-0.25, -0.2) is 0 Å². The molecule has 2 nitrogen and oxygen atoms in total. The number of hydrogen-bond acceptors (Lipinski definition) is 2. The average Bonchev–Trinajstić information content (AvgIpc) is 2.27. The van der Waals surface area contributed by atoms with Crippen molar-refractivity contribution in [1.29, 1.82) is 5.26 Å². The lowest BCUT2D eigenvalue weighted by Gasteiger charge is -2.35. The summed E-state index contributed by atoms with van der Waals surface area (Å²) in [7, 11) is 2.09. The second-order valence-corrected chi connectivity index (χ2v) is 4.55. The molecule has 0 heterocycles. The minimum atomic E-state index is 0.0678. The molecular weight excluding hydrogens is 172 g/mol. The van der Waals surface area contributed by atoms with Gasteiger partial charge in [-0.15, -0.1) is 0 Å². The molecule has 14 heavy (non-hydrogen) atoms. The highest BCUT2D eigenvalue weighted by atomic mass is 15.2. The Bertz CT molecular complexity index is 199. The van der Waals surface area contributed by atoms with Gasteiger partial charge in [0.15, 0.2) is 0 Å². The lowest BCUT2D eigenvalue weighted by Crippen LogP contribution is -2.40. The highest BCUT2D eigenvalue weighted by Crippen LogP contribution is 2.29. The van der Waals surface area contributed by atoms with Gasteiger partial charge < -0.3 is 0 Å². The Morgan fingerprint density at radius 1 is 1.36 bits per heavy atom. The van der Waals surface area contributed by atoms with Gasteiger partial charge in [0.05, 0.1) is 12.1 Å². The fourth-order valence-electron chi connectivity index (χ4n) is 2.37. The van der Waals surface area contributed by atoms with Crippen LogP contribution in [0.15, 0.2) is 0 Å². The molecule has 0 N–H and O–H groups in total. The van der Waals surface area contributed by atoms with Crippen molar-refractivity contribution < 1.29 is 0 Å². The molecule has 0 aromatic rings. The molecule has 2 heteroatoms. The first-order valence-electron chi connectivity index (χ1n) is 5.80. The van der Waals surface area contributed by atoms with Gasteiger partial charge in [0.25, 0.3) is 0 Å². The highest BCUT2D eigenvalue weighted by Gasteiger charge is 2.25. The molecule has 0 aromatic carbocycles. The third kappa shape index (κ3) is 2.72. The first-order valence-corrected chi connectivity index (χ1v) is 5.80. The second-order valence-electron chi connectivity index (χ2n) is 4.55. The molecule has 1 aliphatic rings. The third-order valence-corrected chi connectivity index (χ3v) is 3.77. The van der Waals surface area contributed by atoms with Crippen molar-refractivity contribution in [2.24, 2.45) is 5.92 Å². The molecular formula is C12H22N2. The Morgan fingerprint density at radius 2 is 1.93 bits per heavy atom. The Morgan fingerprint density at radius 3 is 2.36 bits per heavy atom. The van der Waals surface area contributed by atoms with E-state index in [1.165, 1.54) is 32.1 Å². The van der Waals surface area contributed by atoms with E-state index in [9.17, 15) is 0 Å². The molecule has 0 amide bonds. The highest BCUT2D eigenvalue weighted by molar-refractivity contribution is 4.90. The molecule has 0 spiro atoms. The molecule has 1 unspecified atom stereocenters. The zero-order chi connectivity index (χ0) is 10.6. The molecule has 1 fully saturated rings. The standard InChI is InChI=1S/C12H22N2/c1-4-11-5-7-12(8-6-11)14(3)10(2)9-13/h10-12H,4-8H2,1-3H3. The van der Waals surface area contributed by atoms with Crippen molar-refractivity contribution in [1.82, 2.24) is 4.90 Å². The summed E-state index contributed by atoms with van der Waals surface area (Å²) in [6.45, 7) is 4.28. The Kier molecular flexibility index (Phi) is 4.41. The number of rotatable bonds is 3. The van der Waals surface area contributed by atoms with Gasteiger partial charge in [0.2, 0.25) is 0 Å². The fourth-order valence-corrected chi connectivity index (χ4v) is 2.37. The first-order chi connectivity index (χ1) is 6.69. The average molecular weight is 194 g/mol. The zero-order valence-electron chi connectivity index (χ0n) is 9.66. The lowest BCUT2D eigenvalue weighted by atomic mass is 9.84. The monoisotopic (exact) mass is 194 g/mol. The smallest absolute Gasteiger partial charge is 0.0949 e. The summed E-state index contributed by atoms with van der Waals surface area (Å²) in [4.78, 5) is 2.24. The van der Waals surface area contributed by atoms with E-state index >= 15 is 0 Å². The van der Waals surface area contributed by atoms with Crippen LogP contribution in [0.3, 0.4) is 0 Å². The van der Waals surface area contributed by atoms with Crippen LogP contribution in [0, 0.1) is 17.2 Å². The lowest BCUT2D eigenvalue weighted by molar-refractivity contribution is 0.147. The van der Waals surface area contributed by atoms with Crippen LogP contribution in [0.5, 0.6) is 0 Å². The van der Waals surface area contributed by atoms with Gasteiger partial charge in [-0.2, -0.15) is 5.26 Å². The van der Waals surface area contributed by atoms with Crippen molar-refractivity contribution in [2.75, 3.05) is 7.05 Å². The molecule has 0 aromatic heterocycles. The number of nitriles is 1. The maximum atomic E-state index is 8.84. The summed E-state index contributed by atoms with van der Waals surface area (Å²) in [6, 6.07) is 3.03. The Hall–Kier alpha value is -0.550. The van der Waals surface area contributed by atoms with Crippen molar-refractivity contribution >= 4 is 0 Å². The SMILES string of the molecule is CCC1CCC(N(C)C(C)C#N)CC1. The maximum absolute atomic E-state index is 8.84. The summed E-state index contributed by atoms with van der Waals surface area (Å²) in [6.07, 6.45) is 6.58. The molecule has 80 valence electrons. The number of hydrogen-bond donors (Lipinski definition) is 0. The summed E-state index contributed by atoms with van der Waals surface area (Å²) < 4.78 is 0. The van der Waals surface area contributed by atoms with Crippen LogP contribution < -0.4 is 0 Å². The maximum Gasteiger partial charge on any atom is 0.0949 e. The van der Waals surface area contributed by atoms with Crippen LogP contribution in [-0.2, 0) is 0 Å². The van der Waals surface area contributed by atoms with Crippen molar-refractivity contribution in [2.45, 2.75) is 58.0 Å². The van der Waals surface area contributed by atoms with Crippen LogP contribution in [0.25, 0.3) is 0 Å². The van der Waals surface area contributed by atoms with E-state index in [4.69, 9.17) is 5.26 Å². The Labute approximate surface area is 87.9 Å². The van der Waals surface area contributed by atoms with E-state index in [1.54, 1.807) is 0 Å². The van der Waals surface area contributed by atoms with Crippen LogP contribution in [0.2, 0.25) is 0 Å². The van der Waals surface area contributed by atoms with E-state index in [1.807, 2.05) is 6.92 Å². The third-order valence-electron chi connectivity index (χ3n) is 3.77. The van der Waals surface area contributed by atoms with Crippen molar-refractivity contribution in [3.05, 3.63) is 0 Å². The fraction of sp³-hybridized carbons (Fsp3) is 0.917. The second kappa shape index (κ2) is 5.36. The molecule has 1 saturated carbocycles. The van der Waals surface area contributed by atoms with Crippen LogP contribution in [0.1, 0.15) is 46.0 Å². The molecule has 1 aliphatic carbocycles. The van der Waals surface area contributed by atoms with E-state index in [0.717, 1.165) is 5.92 Å². The predicted molar refractivity (Wildman–Crippen MR) is 58.9 cm³/mol. The normalized spacial score (nSPS) is 29.9. The number of nitrogens with zero attached hydrogens (tertiary/aromatic N) is 2. The predicted octanol–water partition coefficient (Wildman–Crippen LogP) is 2.80. The first kappa shape index (κ1) is 11.5. The van der Waals surface area contributed by atoms with Crippen LogP contribution >= 0.6 is 0 Å². The van der Waals surface area contributed by atoms with Crippen LogP contribution in [0.4, 0.5) is 0 Å². The van der Waals surface area contributed by atoms with Crippen molar-refractivity contribution in [3.63, 3.8) is 0 Å². The van der Waals surface area contributed by atoms with Gasteiger partial charge in [-0.1, -0.05) is 13.3 Å². The summed E-state index contributed by atoms with van der Waals surface area (Å²) in [5, 5.41) is 8.84. The quantitative estimate of drug-likeness (QED) is 0.690. The molecule has 1 atom stereocenters. The molecule has 0 radical (unpaired) electrons. The van der Waals surface area contributed by atoms with E-state index in [-0.39, 0.29) is 6.04 Å². The minimum absolute atomic E-state index is 0.0678. The summed E-state index contributed by atoms with van der Waals surface area (Å²) >= 11 is 0. The van der Waals surface area contributed by atoms with Crippen molar-refractivity contribution in [3.8, 4) is 6.07 Å². The largest absolute Gasteiger partial charge is 0.288 e. The van der Waals surface area contributed by atoms with E-state index < -0.39 is 0 Å². The van der Waals surface area contributed by atoms with E-state index in [0.29, 0.717) is 6.04 Å². The molecule has 0 saturated heterocycles. The molecule has 0 bridgehead atoms. The van der Waals surface area contributed by atoms with Gasteiger partial charge in [-0.3, -0.25) is 4.90 Å². The minimum Gasteiger partial charge on any atom is -0.288 e. The summed E-state index contributed by atoms with van der Waals surface area (Å²) in [5.74, 6) is 0.942. The van der Waals surface area contributed by atoms with Gasteiger partial charge >= 0.3 is 0 Å². The molecule has 0 aliphatic heterocycles. The summed E-state index contributed by atoms with van der Waals surface area (Å²) in [5.41, 5.74) is 0. The van der Waals surface area contributed by atoms with E-state index in [2.05, 4.69) is 24.9 Å². The zero-order valence-corrected chi connectivity index (χ0v) is 9.66. The topological polar surface area (TPSA) is 27.0 Å². The van der Waals surface area contributed by atoms with Gasteiger partial charge in [0.1, 0.15) is 0 Å². The van der Waals surface area contributed by atoms with Gasteiger partial charge in [0, 0.05) is 6.04 Å². The van der Waals surface area contributed by atoms with Crippen LogP contribution in [-0.4, -0.2) is 24.0 Å². The molecule has 1 rings (SSSR count). The van der Waals surface area contributed by atoms with Gasteiger partial charge in [-0.05, 0) is 45.6 Å². The Balaban J connectivity index is 2.38.